The summed E-state index contributed by atoms with van der Waals surface area (Å²) in [6, 6.07) is 3.25. The first-order valence-electron chi connectivity index (χ1n) is 9.07. The molecule has 0 bridgehead atoms. The van der Waals surface area contributed by atoms with E-state index in [-0.39, 0.29) is 17.5 Å². The van der Waals surface area contributed by atoms with Crippen LogP contribution in [0.3, 0.4) is 0 Å². The molecule has 1 aliphatic carbocycles. The third kappa shape index (κ3) is 4.20. The molecule has 0 saturated heterocycles. The van der Waals surface area contributed by atoms with Crippen molar-refractivity contribution in [2.75, 3.05) is 20.3 Å². The topological polar surface area (TPSA) is 83.1 Å². The number of benzene rings is 1. The largest absolute Gasteiger partial charge is 0.493 e. The van der Waals surface area contributed by atoms with Crippen molar-refractivity contribution in [1.29, 1.82) is 0 Å². The zero-order chi connectivity index (χ0) is 18.5. The highest BCUT2D eigenvalue weighted by molar-refractivity contribution is 5.93. The number of hydrogen-bond acceptors (Lipinski definition) is 6. The summed E-state index contributed by atoms with van der Waals surface area (Å²) in [7, 11) is 1.49. The minimum atomic E-state index is -0.872. The number of fused-ring (bicyclic) bond motifs is 1. The summed E-state index contributed by atoms with van der Waals surface area (Å²) in [5.41, 5.74) is 0.253. The van der Waals surface area contributed by atoms with Crippen LogP contribution >= 0.6 is 0 Å². The Morgan fingerprint density at radius 3 is 2.62 bits per heavy atom. The summed E-state index contributed by atoms with van der Waals surface area (Å²) in [6.45, 7) is 2.39. The van der Waals surface area contributed by atoms with Crippen LogP contribution in [0.25, 0.3) is 0 Å². The van der Waals surface area contributed by atoms with Gasteiger partial charge in [-0.1, -0.05) is 19.3 Å². The summed E-state index contributed by atoms with van der Waals surface area (Å²) in [5.74, 6) is 0.426. The molecule has 1 aromatic carbocycles. The molecular weight excluding hydrogens is 338 g/mol. The van der Waals surface area contributed by atoms with Crippen LogP contribution in [0.4, 0.5) is 0 Å². The van der Waals surface area contributed by atoms with E-state index in [1.807, 2.05) is 0 Å². The van der Waals surface area contributed by atoms with Gasteiger partial charge in [-0.05, 0) is 31.9 Å². The third-order valence-corrected chi connectivity index (χ3v) is 4.67. The van der Waals surface area contributed by atoms with Gasteiger partial charge in [0.05, 0.1) is 12.7 Å². The number of amides is 1. The maximum Gasteiger partial charge on any atom is 0.339 e. The molecule has 0 spiro atoms. The fourth-order valence-corrected chi connectivity index (χ4v) is 3.24. The lowest BCUT2D eigenvalue weighted by atomic mass is 9.95. The molecule has 0 unspecified atom stereocenters. The van der Waals surface area contributed by atoms with Gasteiger partial charge in [0.25, 0.3) is 5.91 Å². The second-order valence-electron chi connectivity index (χ2n) is 6.59. The van der Waals surface area contributed by atoms with E-state index in [1.165, 1.54) is 19.6 Å². The van der Waals surface area contributed by atoms with Crippen LogP contribution in [-0.2, 0) is 9.53 Å². The summed E-state index contributed by atoms with van der Waals surface area (Å²) in [6.07, 6.45) is 4.54. The number of methoxy groups -OCH3 is 1. The van der Waals surface area contributed by atoms with E-state index >= 15 is 0 Å². The normalized spacial score (nSPS) is 17.9. The van der Waals surface area contributed by atoms with Crippen molar-refractivity contribution >= 4 is 11.9 Å². The molecule has 1 atom stereocenters. The fourth-order valence-electron chi connectivity index (χ4n) is 3.24. The summed E-state index contributed by atoms with van der Waals surface area (Å²) in [5, 5.41) is 2.96. The highest BCUT2D eigenvalue weighted by atomic mass is 16.6. The average molecular weight is 363 g/mol. The Morgan fingerprint density at radius 1 is 1.15 bits per heavy atom. The van der Waals surface area contributed by atoms with E-state index in [2.05, 4.69) is 5.32 Å². The molecule has 1 aliphatic heterocycles. The molecule has 2 aliphatic rings. The molecule has 1 N–H and O–H groups in total. The fraction of sp³-hybridized carbons (Fsp3) is 0.579. The summed E-state index contributed by atoms with van der Waals surface area (Å²) < 4.78 is 21.6. The SMILES string of the molecule is COc1cc(C(=O)O[C@H](C)C(=O)NC2CCCCC2)cc2c1OCCO2. The summed E-state index contributed by atoms with van der Waals surface area (Å²) in [4.78, 5) is 24.7. The predicted molar refractivity (Wildman–Crippen MR) is 93.9 cm³/mol. The average Bonchev–Trinajstić information content (AvgIpc) is 2.67. The lowest BCUT2D eigenvalue weighted by molar-refractivity contribution is -0.130. The zero-order valence-electron chi connectivity index (χ0n) is 15.2. The Labute approximate surface area is 152 Å². The number of nitrogens with one attached hydrogen (secondary N) is 1. The molecule has 0 aromatic heterocycles. The number of carbonyl (C=O) groups excluding carboxylic acids is 2. The number of hydrogen-bond donors (Lipinski definition) is 1. The van der Waals surface area contributed by atoms with Crippen LogP contribution in [0.1, 0.15) is 49.4 Å². The molecule has 7 nitrogen and oxygen atoms in total. The number of esters is 1. The molecule has 3 rings (SSSR count). The lowest BCUT2D eigenvalue weighted by Crippen LogP contribution is -2.42. The Morgan fingerprint density at radius 2 is 1.88 bits per heavy atom. The Balaban J connectivity index is 1.64. The van der Waals surface area contributed by atoms with Gasteiger partial charge >= 0.3 is 5.97 Å². The first-order chi connectivity index (χ1) is 12.6. The number of carbonyl (C=O) groups is 2. The minimum absolute atomic E-state index is 0.173. The molecule has 0 radical (unpaired) electrons. The summed E-state index contributed by atoms with van der Waals surface area (Å²) >= 11 is 0. The van der Waals surface area contributed by atoms with Crippen LogP contribution in [-0.4, -0.2) is 44.3 Å². The van der Waals surface area contributed by atoms with Crippen LogP contribution in [0.5, 0.6) is 17.2 Å². The highest BCUT2D eigenvalue weighted by Gasteiger charge is 2.25. The molecule has 1 aromatic rings. The van der Waals surface area contributed by atoms with Crippen molar-refractivity contribution in [3.8, 4) is 17.2 Å². The van der Waals surface area contributed by atoms with Crippen LogP contribution in [0.2, 0.25) is 0 Å². The smallest absolute Gasteiger partial charge is 0.339 e. The van der Waals surface area contributed by atoms with Gasteiger partial charge in [0.1, 0.15) is 13.2 Å². The quantitative estimate of drug-likeness (QED) is 0.809. The first-order valence-corrected chi connectivity index (χ1v) is 9.07. The van der Waals surface area contributed by atoms with Gasteiger partial charge in [0.15, 0.2) is 17.6 Å². The van der Waals surface area contributed by atoms with Gasteiger partial charge in [-0.3, -0.25) is 4.79 Å². The molecule has 7 heteroatoms. The second kappa shape index (κ2) is 8.29. The maximum atomic E-state index is 12.5. The number of rotatable bonds is 5. The predicted octanol–water partition coefficient (Wildman–Crippen LogP) is 2.46. The van der Waals surface area contributed by atoms with Crippen LogP contribution in [0, 0.1) is 0 Å². The van der Waals surface area contributed by atoms with Gasteiger partial charge < -0.3 is 24.3 Å². The third-order valence-electron chi connectivity index (χ3n) is 4.67. The number of ether oxygens (including phenoxy) is 4. The maximum absolute atomic E-state index is 12.5. The van der Waals surface area contributed by atoms with E-state index < -0.39 is 12.1 Å². The minimum Gasteiger partial charge on any atom is -0.493 e. The van der Waals surface area contributed by atoms with Gasteiger partial charge in [-0.2, -0.15) is 0 Å². The molecule has 142 valence electrons. The molecule has 1 amide bonds. The van der Waals surface area contributed by atoms with Crippen molar-refractivity contribution in [2.24, 2.45) is 0 Å². The van der Waals surface area contributed by atoms with Gasteiger partial charge in [-0.25, -0.2) is 4.79 Å². The lowest BCUT2D eigenvalue weighted by Gasteiger charge is -2.24. The van der Waals surface area contributed by atoms with Gasteiger partial charge in [0, 0.05) is 6.04 Å². The zero-order valence-corrected chi connectivity index (χ0v) is 15.2. The molecular formula is C19H25NO6. The molecule has 1 saturated carbocycles. The molecule has 1 heterocycles. The van der Waals surface area contributed by atoms with E-state index in [0.29, 0.717) is 30.5 Å². The van der Waals surface area contributed by atoms with Crippen molar-refractivity contribution < 1.29 is 28.5 Å². The van der Waals surface area contributed by atoms with Crippen molar-refractivity contribution in [3.63, 3.8) is 0 Å². The molecule has 26 heavy (non-hydrogen) atoms. The van der Waals surface area contributed by atoms with Crippen LogP contribution in [0.15, 0.2) is 12.1 Å². The monoisotopic (exact) mass is 363 g/mol. The standard InChI is InChI=1S/C19H25NO6/c1-12(18(21)20-14-6-4-3-5-7-14)26-19(22)13-10-15(23-2)17-16(11-13)24-8-9-25-17/h10-12,14H,3-9H2,1-2H3,(H,20,21)/t12-/m1/s1. The van der Waals surface area contributed by atoms with Crippen molar-refractivity contribution in [2.45, 2.75) is 51.2 Å². The Kier molecular flexibility index (Phi) is 5.85. The van der Waals surface area contributed by atoms with E-state index in [4.69, 9.17) is 18.9 Å². The first kappa shape index (κ1) is 18.4. The van der Waals surface area contributed by atoms with Crippen molar-refractivity contribution in [3.05, 3.63) is 17.7 Å². The molecule has 1 fully saturated rings. The Hall–Kier alpha value is -2.44. The second-order valence-corrected chi connectivity index (χ2v) is 6.59. The Bertz CT molecular complexity index is 651. The van der Waals surface area contributed by atoms with E-state index in [0.717, 1.165) is 25.7 Å². The highest BCUT2D eigenvalue weighted by Crippen LogP contribution is 2.40. The van der Waals surface area contributed by atoms with E-state index in [1.54, 1.807) is 13.0 Å². The van der Waals surface area contributed by atoms with Gasteiger partial charge in [0.2, 0.25) is 5.75 Å². The van der Waals surface area contributed by atoms with Gasteiger partial charge in [-0.15, -0.1) is 0 Å². The van der Waals surface area contributed by atoms with E-state index in [9.17, 15) is 9.59 Å². The van der Waals surface area contributed by atoms with Crippen LogP contribution < -0.4 is 19.5 Å². The van der Waals surface area contributed by atoms with Crippen molar-refractivity contribution in [1.82, 2.24) is 5.32 Å².